The maximum Gasteiger partial charge on any atom is 0.227 e. The van der Waals surface area contributed by atoms with Crippen LogP contribution in [0.15, 0.2) is 36.5 Å². The van der Waals surface area contributed by atoms with E-state index in [1.165, 1.54) is 0 Å². The van der Waals surface area contributed by atoms with Crippen LogP contribution in [-0.2, 0) is 29.5 Å². The minimum absolute atomic E-state index is 0.0780. The van der Waals surface area contributed by atoms with Crippen molar-refractivity contribution in [2.24, 2.45) is 7.05 Å². The number of carbonyl (C=O) groups is 2. The van der Waals surface area contributed by atoms with Crippen LogP contribution in [0.3, 0.4) is 0 Å². The van der Waals surface area contributed by atoms with Crippen LogP contribution in [0.25, 0.3) is 0 Å². The van der Waals surface area contributed by atoms with Crippen LogP contribution in [0, 0.1) is 0 Å². The van der Waals surface area contributed by atoms with Gasteiger partial charge in [-0.2, -0.15) is 5.10 Å². The highest BCUT2D eigenvalue weighted by atomic mass is 35.5. The van der Waals surface area contributed by atoms with Crippen molar-refractivity contribution in [3.05, 3.63) is 52.8 Å². The molecule has 1 saturated heterocycles. The van der Waals surface area contributed by atoms with Gasteiger partial charge < -0.3 is 9.80 Å². The average Bonchev–Trinajstić information content (AvgIpc) is 3.05. The first-order valence-electron chi connectivity index (χ1n) is 8.80. The lowest BCUT2D eigenvalue weighted by Crippen LogP contribution is -2.51. The predicted octanol–water partition coefficient (Wildman–Crippen LogP) is 1.92. The van der Waals surface area contributed by atoms with E-state index in [1.54, 1.807) is 16.9 Å². The second-order valence-electron chi connectivity index (χ2n) is 6.51. The van der Waals surface area contributed by atoms with Gasteiger partial charge in [0.25, 0.3) is 0 Å². The molecular weight excluding hydrogens is 352 g/mol. The lowest BCUT2D eigenvalue weighted by Gasteiger charge is -2.35. The molecule has 26 heavy (non-hydrogen) atoms. The van der Waals surface area contributed by atoms with Crippen LogP contribution in [0.4, 0.5) is 0 Å². The van der Waals surface area contributed by atoms with Gasteiger partial charge in [0.1, 0.15) is 0 Å². The van der Waals surface area contributed by atoms with Crippen LogP contribution in [0.5, 0.6) is 0 Å². The molecule has 1 aromatic carbocycles. The first-order valence-corrected chi connectivity index (χ1v) is 9.17. The fourth-order valence-corrected chi connectivity index (χ4v) is 3.39. The zero-order chi connectivity index (χ0) is 18.5. The molecule has 0 atom stereocenters. The first-order chi connectivity index (χ1) is 12.5. The maximum absolute atomic E-state index is 12.4. The Morgan fingerprint density at radius 1 is 1.08 bits per heavy atom. The summed E-state index contributed by atoms with van der Waals surface area (Å²) in [5, 5.41) is 4.75. The molecule has 138 valence electrons. The molecular formula is C19H23ClN4O2. The van der Waals surface area contributed by atoms with Gasteiger partial charge >= 0.3 is 0 Å². The van der Waals surface area contributed by atoms with E-state index in [-0.39, 0.29) is 11.8 Å². The Labute approximate surface area is 158 Å². The number of nitrogens with zero attached hydrogens (tertiary/aromatic N) is 4. The number of carbonyl (C=O) groups excluding carboxylic acids is 2. The zero-order valence-corrected chi connectivity index (χ0v) is 15.7. The van der Waals surface area contributed by atoms with Crippen molar-refractivity contribution in [1.82, 2.24) is 19.6 Å². The fourth-order valence-electron chi connectivity index (χ4n) is 3.18. The largest absolute Gasteiger partial charge is 0.339 e. The molecule has 0 bridgehead atoms. The van der Waals surface area contributed by atoms with E-state index in [4.69, 9.17) is 11.6 Å². The van der Waals surface area contributed by atoms with E-state index in [1.807, 2.05) is 41.1 Å². The molecule has 0 unspecified atom stereocenters. The van der Waals surface area contributed by atoms with Crippen LogP contribution in [-0.4, -0.2) is 57.6 Å². The van der Waals surface area contributed by atoms with Gasteiger partial charge in [-0.05, 0) is 30.2 Å². The number of benzene rings is 1. The van der Waals surface area contributed by atoms with E-state index in [2.05, 4.69) is 5.10 Å². The van der Waals surface area contributed by atoms with E-state index >= 15 is 0 Å². The summed E-state index contributed by atoms with van der Waals surface area (Å²) in [5.41, 5.74) is 1.96. The summed E-state index contributed by atoms with van der Waals surface area (Å²) in [5.74, 6) is 0.211. The maximum atomic E-state index is 12.4. The highest BCUT2D eigenvalue weighted by Crippen LogP contribution is 2.13. The van der Waals surface area contributed by atoms with Crippen LogP contribution >= 0.6 is 11.6 Å². The number of piperazine rings is 1. The number of aryl methyl sites for hydroxylation is 2. The summed E-state index contributed by atoms with van der Waals surface area (Å²) in [7, 11) is 1.88. The minimum Gasteiger partial charge on any atom is -0.339 e. The molecule has 3 rings (SSSR count). The number of hydrogen-bond donors (Lipinski definition) is 0. The summed E-state index contributed by atoms with van der Waals surface area (Å²) in [6, 6.07) is 9.30. The highest BCUT2D eigenvalue weighted by molar-refractivity contribution is 6.30. The van der Waals surface area contributed by atoms with Crippen molar-refractivity contribution in [3.8, 4) is 0 Å². The van der Waals surface area contributed by atoms with Crippen molar-refractivity contribution in [1.29, 1.82) is 0 Å². The molecule has 0 aliphatic carbocycles. The molecule has 0 saturated carbocycles. The molecule has 2 amide bonds. The van der Waals surface area contributed by atoms with Crippen LogP contribution in [0.2, 0.25) is 5.02 Å². The molecule has 1 aliphatic heterocycles. The molecule has 2 heterocycles. The molecule has 1 aliphatic rings. The summed E-state index contributed by atoms with van der Waals surface area (Å²) in [6.45, 7) is 2.34. The van der Waals surface area contributed by atoms with Gasteiger partial charge in [0.2, 0.25) is 11.8 Å². The molecule has 0 N–H and O–H groups in total. The Hall–Kier alpha value is -2.34. The Morgan fingerprint density at radius 3 is 2.38 bits per heavy atom. The number of aromatic nitrogens is 2. The Kier molecular flexibility index (Phi) is 5.93. The van der Waals surface area contributed by atoms with E-state index < -0.39 is 0 Å². The summed E-state index contributed by atoms with van der Waals surface area (Å²) < 4.78 is 1.79. The molecule has 6 nitrogen and oxygen atoms in total. The minimum atomic E-state index is 0.0780. The summed E-state index contributed by atoms with van der Waals surface area (Å²) >= 11 is 5.97. The van der Waals surface area contributed by atoms with Gasteiger partial charge in [-0.3, -0.25) is 14.3 Å². The van der Waals surface area contributed by atoms with Crippen molar-refractivity contribution in [2.75, 3.05) is 26.2 Å². The third-order valence-electron chi connectivity index (χ3n) is 4.75. The number of amides is 2. The topological polar surface area (TPSA) is 58.4 Å². The first kappa shape index (κ1) is 18.5. The average molecular weight is 375 g/mol. The Morgan fingerprint density at radius 2 is 1.77 bits per heavy atom. The lowest BCUT2D eigenvalue weighted by molar-refractivity contribution is -0.139. The van der Waals surface area contributed by atoms with Gasteiger partial charge in [0.05, 0.1) is 6.42 Å². The third kappa shape index (κ3) is 4.64. The smallest absolute Gasteiger partial charge is 0.227 e. The van der Waals surface area contributed by atoms with E-state index in [9.17, 15) is 9.59 Å². The summed E-state index contributed by atoms with van der Waals surface area (Å²) in [4.78, 5) is 28.5. The van der Waals surface area contributed by atoms with Gasteiger partial charge in [-0.15, -0.1) is 0 Å². The zero-order valence-electron chi connectivity index (χ0n) is 14.9. The Balaban J connectivity index is 1.45. The monoisotopic (exact) mass is 374 g/mol. The Bertz CT molecular complexity index is 781. The molecule has 1 aromatic heterocycles. The third-order valence-corrected chi connectivity index (χ3v) is 4.98. The normalized spacial score (nSPS) is 14.5. The quantitative estimate of drug-likeness (QED) is 0.803. The van der Waals surface area contributed by atoms with Crippen LogP contribution < -0.4 is 0 Å². The number of halogens is 1. The van der Waals surface area contributed by atoms with Crippen molar-refractivity contribution >= 4 is 23.4 Å². The van der Waals surface area contributed by atoms with Crippen molar-refractivity contribution < 1.29 is 9.59 Å². The molecule has 0 radical (unpaired) electrons. The van der Waals surface area contributed by atoms with Gasteiger partial charge in [-0.25, -0.2) is 0 Å². The van der Waals surface area contributed by atoms with Crippen molar-refractivity contribution in [2.45, 2.75) is 19.3 Å². The van der Waals surface area contributed by atoms with Gasteiger partial charge in [0, 0.05) is 56.6 Å². The van der Waals surface area contributed by atoms with Gasteiger partial charge in [-0.1, -0.05) is 23.7 Å². The second kappa shape index (κ2) is 8.36. The lowest BCUT2D eigenvalue weighted by atomic mass is 10.1. The summed E-state index contributed by atoms with van der Waals surface area (Å²) in [6.07, 6.45) is 3.23. The predicted molar refractivity (Wildman–Crippen MR) is 99.8 cm³/mol. The number of hydrogen-bond acceptors (Lipinski definition) is 3. The highest BCUT2D eigenvalue weighted by Gasteiger charge is 2.24. The molecule has 0 spiro atoms. The SMILES string of the molecule is Cn1nccc1CCC(=O)N1CCN(C(=O)Cc2cccc(Cl)c2)CC1. The number of rotatable bonds is 5. The van der Waals surface area contributed by atoms with E-state index in [0.717, 1.165) is 11.3 Å². The van der Waals surface area contributed by atoms with Crippen LogP contribution in [0.1, 0.15) is 17.7 Å². The van der Waals surface area contributed by atoms with Gasteiger partial charge in [0.15, 0.2) is 0 Å². The standard InChI is InChI=1S/C19H23ClN4O2/c1-22-17(7-8-21-22)5-6-18(25)23-9-11-24(12-10-23)19(26)14-15-3-2-4-16(20)13-15/h2-4,7-8,13H,5-6,9-12,14H2,1H3. The second-order valence-corrected chi connectivity index (χ2v) is 6.95. The van der Waals surface area contributed by atoms with E-state index in [0.29, 0.717) is 50.5 Å². The van der Waals surface area contributed by atoms with Crippen molar-refractivity contribution in [3.63, 3.8) is 0 Å². The fraction of sp³-hybridized carbons (Fsp3) is 0.421. The molecule has 2 aromatic rings. The molecule has 1 fully saturated rings. The molecule has 7 heteroatoms.